The maximum atomic E-state index is 10.9. The van der Waals surface area contributed by atoms with Gasteiger partial charge >= 0.3 is 5.97 Å². The van der Waals surface area contributed by atoms with Gasteiger partial charge in [-0.05, 0) is 18.2 Å². The largest absolute Gasteiger partial charge is 0.497 e. The van der Waals surface area contributed by atoms with Gasteiger partial charge in [0.2, 0.25) is 0 Å². The van der Waals surface area contributed by atoms with Crippen LogP contribution in [0.25, 0.3) is 0 Å². The second-order valence-electron chi connectivity index (χ2n) is 3.00. The fourth-order valence-electron chi connectivity index (χ4n) is 1.09. The number of benzene rings is 1. The van der Waals surface area contributed by atoms with Gasteiger partial charge < -0.3 is 9.47 Å². The van der Waals surface area contributed by atoms with Crippen LogP contribution in [-0.2, 0) is 9.53 Å². The molecule has 0 aliphatic heterocycles. The summed E-state index contributed by atoms with van der Waals surface area (Å²) in [6.45, 7) is 0. The number of carbonyl (C=O) groups is 1. The van der Waals surface area contributed by atoms with Crippen LogP contribution in [0.1, 0.15) is 6.42 Å². The Labute approximate surface area is 108 Å². The van der Waals surface area contributed by atoms with E-state index in [1.165, 1.54) is 7.11 Å². The summed E-state index contributed by atoms with van der Waals surface area (Å²) in [5.74, 6) is 1.32. The van der Waals surface area contributed by atoms with E-state index in [4.69, 9.17) is 4.74 Å². The Hall–Kier alpha value is -0.680. The molecule has 0 aromatic heterocycles. The van der Waals surface area contributed by atoms with E-state index in [0.29, 0.717) is 12.2 Å². The summed E-state index contributed by atoms with van der Waals surface area (Å²) in [4.78, 5) is 12.0. The van der Waals surface area contributed by atoms with Crippen molar-refractivity contribution in [3.05, 3.63) is 22.7 Å². The quantitative estimate of drug-likeness (QED) is 0.618. The van der Waals surface area contributed by atoms with Crippen LogP contribution in [0.5, 0.6) is 5.75 Å². The van der Waals surface area contributed by atoms with Gasteiger partial charge in [-0.15, -0.1) is 11.8 Å². The van der Waals surface area contributed by atoms with Gasteiger partial charge in [0.05, 0.1) is 20.6 Å². The zero-order valence-corrected chi connectivity index (χ0v) is 11.6. The van der Waals surface area contributed by atoms with Gasteiger partial charge in [0.25, 0.3) is 0 Å². The highest BCUT2D eigenvalue weighted by Gasteiger charge is 2.03. The van der Waals surface area contributed by atoms with Crippen LogP contribution in [0.4, 0.5) is 0 Å². The first kappa shape index (κ1) is 13.4. The number of hydrogen-bond donors (Lipinski definition) is 0. The predicted molar refractivity (Wildman–Crippen MR) is 68.1 cm³/mol. The van der Waals surface area contributed by atoms with Crippen LogP contribution < -0.4 is 4.74 Å². The van der Waals surface area contributed by atoms with Gasteiger partial charge in [0.15, 0.2) is 0 Å². The van der Waals surface area contributed by atoms with Crippen LogP contribution in [0.2, 0.25) is 0 Å². The first-order chi connectivity index (χ1) is 7.65. The topological polar surface area (TPSA) is 35.5 Å². The van der Waals surface area contributed by atoms with Crippen molar-refractivity contribution in [3.8, 4) is 5.75 Å². The molecule has 16 heavy (non-hydrogen) atoms. The Bertz CT molecular complexity index is 368. The van der Waals surface area contributed by atoms with E-state index in [1.807, 2.05) is 18.2 Å². The van der Waals surface area contributed by atoms with E-state index < -0.39 is 0 Å². The van der Waals surface area contributed by atoms with E-state index in [9.17, 15) is 4.79 Å². The number of thioether (sulfide) groups is 1. The van der Waals surface area contributed by atoms with E-state index in [1.54, 1.807) is 18.9 Å². The number of ether oxygens (including phenoxy) is 2. The van der Waals surface area contributed by atoms with Gasteiger partial charge in [-0.3, -0.25) is 4.79 Å². The van der Waals surface area contributed by atoms with Crippen LogP contribution >= 0.6 is 27.7 Å². The lowest BCUT2D eigenvalue weighted by atomic mass is 10.3. The Morgan fingerprint density at radius 2 is 2.12 bits per heavy atom. The summed E-state index contributed by atoms with van der Waals surface area (Å²) in [6, 6.07) is 5.82. The molecular formula is C11H13BrO3S. The third-order valence-electron chi connectivity index (χ3n) is 1.88. The minimum Gasteiger partial charge on any atom is -0.497 e. The summed E-state index contributed by atoms with van der Waals surface area (Å²) in [5, 5.41) is 0. The molecule has 0 aliphatic carbocycles. The molecular weight excluding hydrogens is 292 g/mol. The summed E-state index contributed by atoms with van der Waals surface area (Å²) >= 11 is 5.00. The maximum absolute atomic E-state index is 10.9. The normalized spacial score (nSPS) is 9.94. The second-order valence-corrected chi connectivity index (χ2v) is 5.09. The van der Waals surface area contributed by atoms with Crippen LogP contribution in [0, 0.1) is 0 Å². The van der Waals surface area contributed by atoms with Crippen molar-refractivity contribution >= 4 is 33.7 Å². The molecule has 0 radical (unpaired) electrons. The molecule has 0 saturated carbocycles. The highest BCUT2D eigenvalue weighted by Crippen LogP contribution is 2.28. The number of methoxy groups -OCH3 is 2. The van der Waals surface area contributed by atoms with Crippen molar-refractivity contribution in [1.29, 1.82) is 0 Å². The SMILES string of the molecule is COC(=O)CCSc1cc(Br)cc(OC)c1. The average Bonchev–Trinajstić information content (AvgIpc) is 2.28. The summed E-state index contributed by atoms with van der Waals surface area (Å²) in [5.41, 5.74) is 0. The third-order valence-corrected chi connectivity index (χ3v) is 3.32. The smallest absolute Gasteiger partial charge is 0.306 e. The molecule has 0 amide bonds. The van der Waals surface area contributed by atoms with E-state index in [-0.39, 0.29) is 5.97 Å². The molecule has 3 nitrogen and oxygen atoms in total. The van der Waals surface area contributed by atoms with Gasteiger partial charge in [-0.1, -0.05) is 15.9 Å². The lowest BCUT2D eigenvalue weighted by Gasteiger charge is -2.05. The van der Waals surface area contributed by atoms with E-state index in [2.05, 4.69) is 20.7 Å². The van der Waals surface area contributed by atoms with E-state index >= 15 is 0 Å². The lowest BCUT2D eigenvalue weighted by molar-refractivity contribution is -0.140. The first-order valence-electron chi connectivity index (χ1n) is 4.70. The molecule has 0 N–H and O–H groups in total. The standard InChI is InChI=1S/C11H13BrO3S/c1-14-9-5-8(12)6-10(7-9)16-4-3-11(13)15-2/h5-7H,3-4H2,1-2H3. The molecule has 0 spiro atoms. The van der Waals surface area contributed by atoms with Gasteiger partial charge in [0.1, 0.15) is 5.75 Å². The number of carbonyl (C=O) groups excluding carboxylic acids is 1. The van der Waals surface area contributed by atoms with Crippen LogP contribution in [0.3, 0.4) is 0 Å². The Morgan fingerprint density at radius 1 is 1.38 bits per heavy atom. The molecule has 0 unspecified atom stereocenters. The Balaban J connectivity index is 2.53. The minimum absolute atomic E-state index is 0.186. The zero-order chi connectivity index (χ0) is 12.0. The molecule has 1 aromatic carbocycles. The zero-order valence-electron chi connectivity index (χ0n) is 9.16. The van der Waals surface area contributed by atoms with Gasteiger partial charge in [0, 0.05) is 15.1 Å². The van der Waals surface area contributed by atoms with Crippen molar-refractivity contribution in [1.82, 2.24) is 0 Å². The molecule has 0 fully saturated rings. The summed E-state index contributed by atoms with van der Waals surface area (Å²) < 4.78 is 10.7. The summed E-state index contributed by atoms with van der Waals surface area (Å²) in [6.07, 6.45) is 0.413. The molecule has 1 rings (SSSR count). The highest BCUT2D eigenvalue weighted by molar-refractivity contribution is 9.10. The molecule has 5 heteroatoms. The fraction of sp³-hybridized carbons (Fsp3) is 0.364. The number of halogens is 1. The number of hydrogen-bond acceptors (Lipinski definition) is 4. The van der Waals surface area contributed by atoms with Crippen LogP contribution in [0.15, 0.2) is 27.6 Å². The Morgan fingerprint density at radius 3 is 2.75 bits per heavy atom. The average molecular weight is 305 g/mol. The van der Waals surface area contributed by atoms with Gasteiger partial charge in [-0.25, -0.2) is 0 Å². The van der Waals surface area contributed by atoms with Crippen molar-refractivity contribution in [2.24, 2.45) is 0 Å². The van der Waals surface area contributed by atoms with Crippen molar-refractivity contribution < 1.29 is 14.3 Å². The first-order valence-corrected chi connectivity index (χ1v) is 6.47. The minimum atomic E-state index is -0.186. The van der Waals surface area contributed by atoms with Crippen molar-refractivity contribution in [3.63, 3.8) is 0 Å². The lowest BCUT2D eigenvalue weighted by Crippen LogP contribution is -2.00. The highest BCUT2D eigenvalue weighted by atomic mass is 79.9. The maximum Gasteiger partial charge on any atom is 0.306 e. The fourth-order valence-corrected chi connectivity index (χ4v) is 2.63. The molecule has 0 bridgehead atoms. The summed E-state index contributed by atoms with van der Waals surface area (Å²) in [7, 11) is 3.03. The van der Waals surface area contributed by atoms with Crippen molar-refractivity contribution in [2.75, 3.05) is 20.0 Å². The molecule has 0 atom stereocenters. The monoisotopic (exact) mass is 304 g/mol. The van der Waals surface area contributed by atoms with Crippen molar-refractivity contribution in [2.45, 2.75) is 11.3 Å². The third kappa shape index (κ3) is 4.45. The molecule has 88 valence electrons. The number of esters is 1. The molecule has 1 aromatic rings. The molecule has 0 heterocycles. The van der Waals surface area contributed by atoms with Gasteiger partial charge in [-0.2, -0.15) is 0 Å². The second kappa shape index (κ2) is 6.81. The Kier molecular flexibility index (Phi) is 5.69. The number of rotatable bonds is 5. The van der Waals surface area contributed by atoms with Crippen LogP contribution in [-0.4, -0.2) is 25.9 Å². The van der Waals surface area contributed by atoms with E-state index in [0.717, 1.165) is 15.1 Å². The molecule has 0 aliphatic rings. The molecule has 0 saturated heterocycles. The predicted octanol–water partition coefficient (Wildman–Crippen LogP) is 3.11.